The molecule has 0 radical (unpaired) electrons. The number of nitrogens with one attached hydrogen (secondary N) is 1. The first-order valence-electron chi connectivity index (χ1n) is 16.4. The molecule has 4 aliphatic rings. The number of hydrogen-bond acceptors (Lipinski definition) is 20. The van der Waals surface area contributed by atoms with Crippen molar-refractivity contribution < 1.29 is 104 Å². The average molecular weight is 748 g/mol. The highest BCUT2D eigenvalue weighted by molar-refractivity contribution is 5.81. The molecule has 22 nitrogen and oxygen atoms in total. The third-order valence-electron chi connectivity index (χ3n) is 9.08. The first kappa shape index (κ1) is 42.0. The number of aliphatic hydroxyl groups excluding tert-OH is 11. The van der Waals surface area contributed by atoms with Crippen molar-refractivity contribution in [3.05, 3.63) is 0 Å². The Bertz CT molecular complexity index is 1150. The van der Waals surface area contributed by atoms with Crippen LogP contribution in [-0.2, 0) is 42.7 Å². The first-order valence-corrected chi connectivity index (χ1v) is 16.4. The number of carboxylic acids is 1. The minimum Gasteiger partial charge on any atom is -0.479 e. The molecular formula is C29H49NO21. The Kier molecular flexibility index (Phi) is 14.5. The van der Waals surface area contributed by atoms with Crippen LogP contribution in [0, 0.1) is 5.92 Å². The average Bonchev–Trinajstić information content (AvgIpc) is 3.08. The molecule has 51 heavy (non-hydrogen) atoms. The van der Waals surface area contributed by atoms with Gasteiger partial charge in [0.2, 0.25) is 0 Å². The van der Waals surface area contributed by atoms with Crippen molar-refractivity contribution in [2.75, 3.05) is 19.8 Å². The number of ether oxygens (including phenoxy) is 7. The van der Waals surface area contributed by atoms with Gasteiger partial charge in [0.15, 0.2) is 31.1 Å². The van der Waals surface area contributed by atoms with Gasteiger partial charge in [-0.2, -0.15) is 0 Å². The van der Waals surface area contributed by atoms with Gasteiger partial charge in [0, 0.05) is 6.54 Å². The molecule has 0 aromatic carbocycles. The fourth-order valence-electron chi connectivity index (χ4n) is 6.01. The normalized spacial score (nSPS) is 48.0. The van der Waals surface area contributed by atoms with E-state index in [4.69, 9.17) is 33.2 Å². The second kappa shape index (κ2) is 17.6. The lowest BCUT2D eigenvalue weighted by atomic mass is 9.94. The fourth-order valence-corrected chi connectivity index (χ4v) is 6.01. The number of rotatable bonds is 12. The van der Waals surface area contributed by atoms with Gasteiger partial charge < -0.3 is 99.8 Å². The minimum absolute atomic E-state index is 0.0123. The molecule has 0 aromatic rings. The van der Waals surface area contributed by atoms with Crippen LogP contribution < -0.4 is 5.32 Å². The Labute approximate surface area is 290 Å². The second-order valence-corrected chi connectivity index (χ2v) is 13.4. The van der Waals surface area contributed by atoms with Crippen molar-refractivity contribution in [2.45, 2.75) is 143 Å². The Hall–Kier alpha value is -1.78. The van der Waals surface area contributed by atoms with E-state index in [1.54, 1.807) is 13.8 Å². The minimum atomic E-state index is -2.04. The molecule has 13 N–H and O–H groups in total. The molecule has 4 heterocycles. The van der Waals surface area contributed by atoms with Gasteiger partial charge in [0.1, 0.15) is 85.5 Å². The molecule has 296 valence electrons. The third kappa shape index (κ3) is 9.13. The van der Waals surface area contributed by atoms with E-state index < -0.39 is 148 Å². The lowest BCUT2D eigenvalue weighted by Crippen LogP contribution is -2.66. The Morgan fingerprint density at radius 1 is 0.627 bits per heavy atom. The number of carbonyl (C=O) groups excluding carboxylic acids is 1. The molecular weight excluding hydrogens is 698 g/mol. The van der Waals surface area contributed by atoms with Crippen LogP contribution in [0.3, 0.4) is 0 Å². The number of carbonyl (C=O) groups is 2. The number of hydrogen-bond donors (Lipinski definition) is 13. The zero-order valence-electron chi connectivity index (χ0n) is 27.8. The van der Waals surface area contributed by atoms with Gasteiger partial charge in [0.05, 0.1) is 19.3 Å². The Morgan fingerprint density at radius 2 is 1.14 bits per heavy atom. The maximum atomic E-state index is 12.7. The number of amides is 1. The van der Waals surface area contributed by atoms with Crippen molar-refractivity contribution in [1.29, 1.82) is 0 Å². The van der Waals surface area contributed by atoms with E-state index in [1.807, 2.05) is 0 Å². The highest BCUT2D eigenvalue weighted by Gasteiger charge is 2.54. The predicted molar refractivity (Wildman–Crippen MR) is 159 cm³/mol. The van der Waals surface area contributed by atoms with Gasteiger partial charge >= 0.3 is 5.97 Å². The Morgan fingerprint density at radius 3 is 1.67 bits per heavy atom. The van der Waals surface area contributed by atoms with Crippen LogP contribution in [0.5, 0.6) is 0 Å². The lowest BCUT2D eigenvalue weighted by molar-refractivity contribution is -0.361. The monoisotopic (exact) mass is 747 g/mol. The van der Waals surface area contributed by atoms with Gasteiger partial charge in [-0.25, -0.2) is 4.79 Å². The zero-order valence-corrected chi connectivity index (χ0v) is 27.8. The molecule has 0 spiro atoms. The quantitative estimate of drug-likeness (QED) is 0.0881. The van der Waals surface area contributed by atoms with Gasteiger partial charge in [-0.15, -0.1) is 0 Å². The van der Waals surface area contributed by atoms with Gasteiger partial charge in [-0.1, -0.05) is 13.8 Å². The topological polar surface area (TPSA) is 354 Å². The molecule has 4 aliphatic heterocycles. The summed E-state index contributed by atoms with van der Waals surface area (Å²) in [5.74, 6) is -2.52. The van der Waals surface area contributed by atoms with Crippen LogP contribution >= 0.6 is 0 Å². The van der Waals surface area contributed by atoms with E-state index in [1.165, 1.54) is 6.92 Å². The second-order valence-electron chi connectivity index (χ2n) is 13.4. The summed E-state index contributed by atoms with van der Waals surface area (Å²) < 4.78 is 38.3. The van der Waals surface area contributed by atoms with Crippen LogP contribution in [0.2, 0.25) is 0 Å². The fraction of sp³-hybridized carbons (Fsp3) is 0.931. The van der Waals surface area contributed by atoms with E-state index in [-0.39, 0.29) is 12.5 Å². The summed E-state index contributed by atoms with van der Waals surface area (Å²) in [6.45, 7) is 3.65. The standard InChI is InChI=1S/C29H49NO21/c1-7(2)4-30-25(42)23-16(37)14(35)18(39)28(50-23)49-22-12(33)9(5-31)47-27(20(22)41)45-6-10-13(34)21(11(32)8(3)46-10)48-29-19(40)15(36)17(38)24(51-29)26(43)44/h7-24,27-29,31-41H,4-6H2,1-3H3,(H,30,42)(H,43,44). The molecule has 4 fully saturated rings. The van der Waals surface area contributed by atoms with Crippen LogP contribution in [0.4, 0.5) is 0 Å². The largest absolute Gasteiger partial charge is 0.479 e. The number of aliphatic carboxylic acids is 1. The molecule has 0 aliphatic carbocycles. The van der Waals surface area contributed by atoms with Crippen molar-refractivity contribution in [2.24, 2.45) is 5.92 Å². The summed E-state index contributed by atoms with van der Waals surface area (Å²) in [5.41, 5.74) is 0. The molecule has 0 bridgehead atoms. The molecule has 4 saturated heterocycles. The summed E-state index contributed by atoms with van der Waals surface area (Å²) in [6.07, 6.45) is -35.9. The zero-order chi connectivity index (χ0) is 38.1. The van der Waals surface area contributed by atoms with E-state index in [0.717, 1.165) is 0 Å². The molecule has 0 aromatic heterocycles. The van der Waals surface area contributed by atoms with Crippen molar-refractivity contribution in [3.63, 3.8) is 0 Å². The van der Waals surface area contributed by atoms with E-state index in [0.29, 0.717) is 0 Å². The van der Waals surface area contributed by atoms with Crippen LogP contribution in [0.15, 0.2) is 0 Å². The van der Waals surface area contributed by atoms with Crippen LogP contribution in [0.25, 0.3) is 0 Å². The van der Waals surface area contributed by atoms with Crippen molar-refractivity contribution in [3.8, 4) is 0 Å². The van der Waals surface area contributed by atoms with E-state index >= 15 is 0 Å². The van der Waals surface area contributed by atoms with Gasteiger partial charge in [-0.05, 0) is 12.8 Å². The molecule has 0 saturated carbocycles. The van der Waals surface area contributed by atoms with Crippen molar-refractivity contribution in [1.82, 2.24) is 5.32 Å². The lowest BCUT2D eigenvalue weighted by Gasteiger charge is -2.47. The highest BCUT2D eigenvalue weighted by Crippen LogP contribution is 2.32. The molecule has 4 rings (SSSR count). The van der Waals surface area contributed by atoms with Crippen molar-refractivity contribution >= 4 is 11.9 Å². The summed E-state index contributed by atoms with van der Waals surface area (Å²) >= 11 is 0. The molecule has 20 atom stereocenters. The van der Waals surface area contributed by atoms with Crippen LogP contribution in [-0.4, -0.2) is 216 Å². The maximum Gasteiger partial charge on any atom is 0.335 e. The first-order chi connectivity index (χ1) is 23.9. The number of aliphatic hydroxyl groups is 11. The smallest absolute Gasteiger partial charge is 0.335 e. The summed E-state index contributed by atoms with van der Waals surface area (Å²) in [4.78, 5) is 24.2. The van der Waals surface area contributed by atoms with E-state index in [9.17, 15) is 70.9 Å². The van der Waals surface area contributed by atoms with Gasteiger partial charge in [-0.3, -0.25) is 4.79 Å². The molecule has 1 amide bonds. The molecule has 20 unspecified atom stereocenters. The maximum absolute atomic E-state index is 12.7. The predicted octanol–water partition coefficient (Wildman–Crippen LogP) is -7.81. The summed E-state index contributed by atoms with van der Waals surface area (Å²) in [7, 11) is 0. The molecule has 22 heteroatoms. The summed E-state index contributed by atoms with van der Waals surface area (Å²) in [6, 6.07) is 0. The highest BCUT2D eigenvalue weighted by atomic mass is 16.7. The van der Waals surface area contributed by atoms with Gasteiger partial charge in [0.25, 0.3) is 5.91 Å². The van der Waals surface area contributed by atoms with E-state index in [2.05, 4.69) is 5.32 Å². The number of carboxylic acid groups (broad SMARTS) is 1. The summed E-state index contributed by atoms with van der Waals surface area (Å²) in [5, 5.41) is 127. The third-order valence-corrected chi connectivity index (χ3v) is 9.08. The van der Waals surface area contributed by atoms with Crippen LogP contribution in [0.1, 0.15) is 20.8 Å². The Balaban J connectivity index is 1.44. The SMILES string of the molecule is CC(C)CNC(=O)C1OC(OC2C(O)C(CO)OC(OCC3OC(C)C(O)C(OC4OC(C(=O)O)C(O)C(O)C4O)C3O)C2O)C(O)C(O)C1O.